The van der Waals surface area contributed by atoms with Gasteiger partial charge in [-0.25, -0.2) is 0 Å². The molecule has 2 heterocycles. The summed E-state index contributed by atoms with van der Waals surface area (Å²) in [4.78, 5) is 31.9. The first-order valence-electron chi connectivity index (χ1n) is 9.20. The van der Waals surface area contributed by atoms with Crippen LogP contribution in [0.25, 0.3) is 11.1 Å². The fraction of sp³-hybridized carbons (Fsp3) is 0.526. The van der Waals surface area contributed by atoms with Crippen molar-refractivity contribution in [1.82, 2.24) is 15.2 Å². The Morgan fingerprint density at radius 1 is 1.41 bits per heavy atom. The number of aromatic nitrogens is 1. The number of oxazole rings is 1. The molecule has 1 aliphatic rings. The maximum absolute atomic E-state index is 12.2. The molecular weight excluding hydrogens is 368 g/mol. The summed E-state index contributed by atoms with van der Waals surface area (Å²) in [6.07, 6.45) is 2.74. The highest BCUT2D eigenvalue weighted by molar-refractivity contribution is 6.31. The second-order valence-corrected chi connectivity index (χ2v) is 7.59. The number of amides is 2. The first kappa shape index (κ1) is 19.5. The topological polar surface area (TPSA) is 78.7 Å². The molecule has 1 N–H and O–H groups in total. The molecule has 2 amide bonds. The lowest BCUT2D eigenvalue weighted by molar-refractivity contribution is -0.128. The van der Waals surface area contributed by atoms with E-state index in [1.807, 2.05) is 6.07 Å². The fourth-order valence-electron chi connectivity index (χ4n) is 3.29. The molecule has 1 fully saturated rings. The van der Waals surface area contributed by atoms with Gasteiger partial charge in [-0.1, -0.05) is 11.6 Å². The van der Waals surface area contributed by atoms with Gasteiger partial charge < -0.3 is 19.5 Å². The number of rotatable bonds is 6. The highest BCUT2D eigenvalue weighted by Gasteiger charge is 2.25. The van der Waals surface area contributed by atoms with Crippen molar-refractivity contribution < 1.29 is 14.0 Å². The third-order valence-electron chi connectivity index (χ3n) is 4.76. The summed E-state index contributed by atoms with van der Waals surface area (Å²) in [6, 6.07) is 5.97. The molecule has 146 valence electrons. The summed E-state index contributed by atoms with van der Waals surface area (Å²) < 4.78 is 5.84. The van der Waals surface area contributed by atoms with E-state index in [4.69, 9.17) is 16.0 Å². The quantitative estimate of drug-likeness (QED) is 0.817. The molecule has 0 aliphatic carbocycles. The van der Waals surface area contributed by atoms with Crippen LogP contribution in [0.4, 0.5) is 6.01 Å². The maximum Gasteiger partial charge on any atom is 0.298 e. The Hall–Kier alpha value is -2.28. The molecule has 7 nitrogen and oxygen atoms in total. The molecule has 0 spiro atoms. The van der Waals surface area contributed by atoms with E-state index in [1.165, 1.54) is 4.90 Å². The molecule has 1 atom stereocenters. The van der Waals surface area contributed by atoms with Crippen molar-refractivity contribution in [3.8, 4) is 0 Å². The van der Waals surface area contributed by atoms with E-state index in [2.05, 4.69) is 15.2 Å². The normalized spacial score (nSPS) is 17.1. The second-order valence-electron chi connectivity index (χ2n) is 7.15. The summed E-state index contributed by atoms with van der Waals surface area (Å²) in [5.74, 6) is 0.231. The predicted octanol–water partition coefficient (Wildman–Crippen LogP) is 2.68. The Kier molecular flexibility index (Phi) is 6.21. The maximum atomic E-state index is 12.2. The van der Waals surface area contributed by atoms with Gasteiger partial charge in [0.05, 0.1) is 0 Å². The van der Waals surface area contributed by atoms with Gasteiger partial charge in [0, 0.05) is 57.7 Å². The average molecular weight is 393 g/mol. The zero-order valence-electron chi connectivity index (χ0n) is 15.7. The molecule has 8 heteroatoms. The molecular formula is C19H25ClN4O3. The Bertz CT molecular complexity index is 820. The monoisotopic (exact) mass is 392 g/mol. The van der Waals surface area contributed by atoms with Gasteiger partial charge in [-0.05, 0) is 30.9 Å². The number of carbonyl (C=O) groups is 2. The van der Waals surface area contributed by atoms with Crippen molar-refractivity contribution >= 4 is 40.5 Å². The molecule has 1 aromatic carbocycles. The van der Waals surface area contributed by atoms with E-state index in [0.717, 1.165) is 31.4 Å². The molecule has 1 aromatic heterocycles. The second kappa shape index (κ2) is 8.61. The van der Waals surface area contributed by atoms with Crippen LogP contribution in [-0.4, -0.2) is 55.4 Å². The van der Waals surface area contributed by atoms with Crippen LogP contribution in [0.1, 0.15) is 25.7 Å². The standard InChI is InChI=1S/C19H25ClN4O3/c1-23(2)18(26)7-8-21-17(25)10-13-4-3-9-24(12-13)19-22-15-6-5-14(20)11-16(15)27-19/h5-6,11,13H,3-4,7-10,12H2,1-2H3,(H,21,25). The third kappa shape index (κ3) is 5.13. The number of anilines is 1. The smallest absolute Gasteiger partial charge is 0.298 e. The van der Waals surface area contributed by atoms with E-state index in [0.29, 0.717) is 36.0 Å². The largest absolute Gasteiger partial charge is 0.423 e. The summed E-state index contributed by atoms with van der Waals surface area (Å²) in [5.41, 5.74) is 1.45. The number of nitrogens with zero attached hydrogens (tertiary/aromatic N) is 3. The lowest BCUT2D eigenvalue weighted by Gasteiger charge is -2.31. The molecule has 0 bridgehead atoms. The molecule has 0 saturated carbocycles. The van der Waals surface area contributed by atoms with Crippen molar-refractivity contribution in [3.05, 3.63) is 23.2 Å². The minimum atomic E-state index is -0.0160. The molecule has 1 unspecified atom stereocenters. The summed E-state index contributed by atoms with van der Waals surface area (Å²) in [7, 11) is 3.42. The van der Waals surface area contributed by atoms with Crippen LogP contribution in [0.2, 0.25) is 5.02 Å². The number of hydrogen-bond donors (Lipinski definition) is 1. The minimum absolute atomic E-state index is 0.00945. The molecule has 1 aliphatic heterocycles. The van der Waals surface area contributed by atoms with Gasteiger partial charge >= 0.3 is 0 Å². The van der Waals surface area contributed by atoms with Gasteiger partial charge in [-0.2, -0.15) is 4.98 Å². The SMILES string of the molecule is CN(C)C(=O)CCNC(=O)CC1CCCN(c2nc3ccc(Cl)cc3o2)C1. The van der Waals surface area contributed by atoms with Crippen LogP contribution in [-0.2, 0) is 9.59 Å². The van der Waals surface area contributed by atoms with Crippen molar-refractivity contribution in [1.29, 1.82) is 0 Å². The molecule has 0 radical (unpaired) electrons. The van der Waals surface area contributed by atoms with Crippen molar-refractivity contribution in [3.63, 3.8) is 0 Å². The Balaban J connectivity index is 1.52. The van der Waals surface area contributed by atoms with E-state index < -0.39 is 0 Å². The molecule has 1 saturated heterocycles. The number of halogens is 1. The number of carbonyl (C=O) groups excluding carboxylic acids is 2. The van der Waals surface area contributed by atoms with Gasteiger partial charge in [0.15, 0.2) is 5.58 Å². The first-order valence-corrected chi connectivity index (χ1v) is 9.58. The van der Waals surface area contributed by atoms with Crippen LogP contribution in [0.5, 0.6) is 0 Å². The molecule has 27 heavy (non-hydrogen) atoms. The number of benzene rings is 1. The zero-order chi connectivity index (χ0) is 19.4. The highest BCUT2D eigenvalue weighted by Crippen LogP contribution is 2.28. The fourth-order valence-corrected chi connectivity index (χ4v) is 3.46. The highest BCUT2D eigenvalue weighted by atomic mass is 35.5. The number of nitrogens with one attached hydrogen (secondary N) is 1. The van der Waals surface area contributed by atoms with Crippen molar-refractivity contribution in [2.75, 3.05) is 38.6 Å². The zero-order valence-corrected chi connectivity index (χ0v) is 16.5. The van der Waals surface area contributed by atoms with Crippen LogP contribution >= 0.6 is 11.6 Å². The Morgan fingerprint density at radius 3 is 3.00 bits per heavy atom. The van der Waals surface area contributed by atoms with Crippen LogP contribution in [0.15, 0.2) is 22.6 Å². The van der Waals surface area contributed by atoms with Crippen LogP contribution in [0, 0.1) is 5.92 Å². The number of fused-ring (bicyclic) bond motifs is 1. The van der Waals surface area contributed by atoms with Crippen LogP contribution in [0.3, 0.4) is 0 Å². The van der Waals surface area contributed by atoms with E-state index in [-0.39, 0.29) is 17.7 Å². The van der Waals surface area contributed by atoms with E-state index in [9.17, 15) is 9.59 Å². The van der Waals surface area contributed by atoms with E-state index in [1.54, 1.807) is 26.2 Å². The van der Waals surface area contributed by atoms with Gasteiger partial charge in [-0.3, -0.25) is 9.59 Å². The molecule has 2 aromatic rings. The number of piperidine rings is 1. The van der Waals surface area contributed by atoms with Crippen LogP contribution < -0.4 is 10.2 Å². The van der Waals surface area contributed by atoms with Gasteiger partial charge in [0.2, 0.25) is 11.8 Å². The lowest BCUT2D eigenvalue weighted by atomic mass is 9.94. The van der Waals surface area contributed by atoms with Gasteiger partial charge in [-0.15, -0.1) is 0 Å². The van der Waals surface area contributed by atoms with Gasteiger partial charge in [0.25, 0.3) is 6.01 Å². The molecule has 3 rings (SSSR count). The Morgan fingerprint density at radius 2 is 2.22 bits per heavy atom. The first-order chi connectivity index (χ1) is 12.9. The average Bonchev–Trinajstić information content (AvgIpc) is 3.05. The number of hydrogen-bond acceptors (Lipinski definition) is 5. The van der Waals surface area contributed by atoms with Crippen molar-refractivity contribution in [2.24, 2.45) is 5.92 Å². The summed E-state index contributed by atoms with van der Waals surface area (Å²) in [6.45, 7) is 1.96. The lowest BCUT2D eigenvalue weighted by Crippen LogP contribution is -2.38. The van der Waals surface area contributed by atoms with E-state index >= 15 is 0 Å². The third-order valence-corrected chi connectivity index (χ3v) is 5.00. The summed E-state index contributed by atoms with van der Waals surface area (Å²) >= 11 is 6.00. The minimum Gasteiger partial charge on any atom is -0.423 e. The van der Waals surface area contributed by atoms with Crippen molar-refractivity contribution in [2.45, 2.75) is 25.7 Å². The predicted molar refractivity (Wildman–Crippen MR) is 105 cm³/mol. The summed E-state index contributed by atoms with van der Waals surface area (Å²) in [5, 5.41) is 3.46. The van der Waals surface area contributed by atoms with Gasteiger partial charge in [0.1, 0.15) is 5.52 Å². The Labute approximate surface area is 163 Å².